The molecule has 2 aliphatic heterocycles. The first kappa shape index (κ1) is 7.99. The van der Waals surface area contributed by atoms with Gasteiger partial charge in [0, 0.05) is 5.56 Å². The van der Waals surface area contributed by atoms with E-state index in [4.69, 9.17) is 9.47 Å². The smallest absolute Gasteiger partial charge is 0.181 e. The van der Waals surface area contributed by atoms with E-state index in [1.54, 1.807) is 0 Å². The van der Waals surface area contributed by atoms with Crippen LogP contribution < -0.4 is 4.74 Å². The molecule has 0 unspecified atom stereocenters. The molecule has 0 N–H and O–H groups in total. The Morgan fingerprint density at radius 3 is 2.44 bits per heavy atom. The molecule has 2 heteroatoms. The quantitative estimate of drug-likeness (QED) is 0.600. The first-order valence-electron chi connectivity index (χ1n) is 5.22. The van der Waals surface area contributed by atoms with Crippen molar-refractivity contribution in [1.82, 2.24) is 0 Å². The molecular formula is C14H8O2. The molecule has 16 heavy (non-hydrogen) atoms. The molecule has 0 saturated carbocycles. The Bertz CT molecular complexity index is 612. The maximum atomic E-state index is 5.56. The molecular weight excluding hydrogens is 200 g/mol. The topological polar surface area (TPSA) is 25.1 Å². The molecule has 0 bridgehead atoms. The fourth-order valence-electron chi connectivity index (χ4n) is 1.90. The van der Waals surface area contributed by atoms with Gasteiger partial charge in [-0.15, -0.1) is 0 Å². The molecule has 0 radical (unpaired) electrons. The van der Waals surface area contributed by atoms with E-state index in [0.717, 1.165) is 34.1 Å². The minimum absolute atomic E-state index is 0.945. The van der Waals surface area contributed by atoms with Crippen molar-refractivity contribution < 1.29 is 9.47 Å². The first-order valence-corrected chi connectivity index (χ1v) is 5.22. The van der Waals surface area contributed by atoms with Gasteiger partial charge in [0.15, 0.2) is 23.0 Å². The SMILES string of the molecule is c1ccc(C2=C(c3cccc4c3O4)O2)cc1. The second-order valence-electron chi connectivity index (χ2n) is 3.86. The molecule has 2 aromatic rings. The largest absolute Gasteiger partial charge is 0.449 e. The third-order valence-electron chi connectivity index (χ3n) is 2.80. The Hall–Kier alpha value is -2.22. The van der Waals surface area contributed by atoms with Crippen LogP contribution >= 0.6 is 0 Å². The van der Waals surface area contributed by atoms with Gasteiger partial charge in [0.2, 0.25) is 0 Å². The van der Waals surface area contributed by atoms with E-state index in [2.05, 4.69) is 0 Å². The van der Waals surface area contributed by atoms with E-state index in [1.807, 2.05) is 48.5 Å². The van der Waals surface area contributed by atoms with Crippen molar-refractivity contribution in [3.63, 3.8) is 0 Å². The van der Waals surface area contributed by atoms with Gasteiger partial charge < -0.3 is 9.47 Å². The highest BCUT2D eigenvalue weighted by atomic mass is 16.6. The highest BCUT2D eigenvalue weighted by Gasteiger charge is 2.36. The van der Waals surface area contributed by atoms with Crippen molar-refractivity contribution in [3.05, 3.63) is 59.7 Å². The Labute approximate surface area is 92.7 Å². The molecule has 0 aliphatic carbocycles. The predicted molar refractivity (Wildman–Crippen MR) is 60.9 cm³/mol. The Morgan fingerprint density at radius 1 is 0.688 bits per heavy atom. The van der Waals surface area contributed by atoms with E-state index < -0.39 is 0 Å². The number of hydrogen-bond donors (Lipinski definition) is 0. The van der Waals surface area contributed by atoms with E-state index >= 15 is 0 Å². The van der Waals surface area contributed by atoms with Crippen LogP contribution in [0.3, 0.4) is 0 Å². The van der Waals surface area contributed by atoms with E-state index in [0.29, 0.717) is 0 Å². The van der Waals surface area contributed by atoms with Gasteiger partial charge in [-0.3, -0.25) is 0 Å². The normalized spacial score (nSPS) is 15.0. The Kier molecular flexibility index (Phi) is 1.33. The van der Waals surface area contributed by atoms with Crippen LogP contribution in [-0.2, 0) is 4.74 Å². The minimum Gasteiger partial charge on any atom is -0.449 e. The van der Waals surface area contributed by atoms with E-state index in [9.17, 15) is 0 Å². The third kappa shape index (κ3) is 1.07. The fourth-order valence-corrected chi connectivity index (χ4v) is 1.90. The highest BCUT2D eigenvalue weighted by Crippen LogP contribution is 2.55. The molecule has 2 heterocycles. The molecule has 2 aliphatic rings. The van der Waals surface area contributed by atoms with Gasteiger partial charge in [-0.2, -0.15) is 0 Å². The lowest BCUT2D eigenvalue weighted by Gasteiger charge is -1.86. The van der Waals surface area contributed by atoms with Crippen LogP contribution in [0.25, 0.3) is 11.5 Å². The summed E-state index contributed by atoms with van der Waals surface area (Å²) in [6, 6.07) is 16.1. The molecule has 0 fully saturated rings. The number of ether oxygens (including phenoxy) is 2. The van der Waals surface area contributed by atoms with Crippen LogP contribution in [0.1, 0.15) is 11.1 Å². The van der Waals surface area contributed by atoms with Crippen molar-refractivity contribution in [2.24, 2.45) is 0 Å². The maximum Gasteiger partial charge on any atom is 0.181 e. The summed E-state index contributed by atoms with van der Waals surface area (Å²) in [5, 5.41) is 0. The van der Waals surface area contributed by atoms with Gasteiger partial charge in [0.1, 0.15) is 0 Å². The average molecular weight is 208 g/mol. The fraction of sp³-hybridized carbons (Fsp3) is 0. The summed E-state index contributed by atoms with van der Waals surface area (Å²) in [6.07, 6.45) is 0. The van der Waals surface area contributed by atoms with Crippen LogP contribution in [0, 0.1) is 0 Å². The molecule has 0 amide bonds. The molecule has 2 aromatic carbocycles. The lowest BCUT2D eigenvalue weighted by molar-refractivity contribution is 0.582. The van der Waals surface area contributed by atoms with Crippen LogP contribution in [-0.4, -0.2) is 0 Å². The average Bonchev–Trinajstić information content (AvgIpc) is 3.23. The first-order chi connectivity index (χ1) is 7.93. The summed E-state index contributed by atoms with van der Waals surface area (Å²) < 4.78 is 10.9. The van der Waals surface area contributed by atoms with Crippen molar-refractivity contribution >= 4 is 11.5 Å². The second kappa shape index (κ2) is 2.67. The summed E-state index contributed by atoms with van der Waals surface area (Å²) in [6.45, 7) is 0. The molecule has 2 nitrogen and oxygen atoms in total. The van der Waals surface area contributed by atoms with E-state index in [-0.39, 0.29) is 0 Å². The Morgan fingerprint density at radius 2 is 1.56 bits per heavy atom. The summed E-state index contributed by atoms with van der Waals surface area (Å²) in [7, 11) is 0. The lowest BCUT2D eigenvalue weighted by Crippen LogP contribution is -1.69. The number of fused-ring (bicyclic) bond motifs is 1. The van der Waals surface area contributed by atoms with Gasteiger partial charge in [-0.25, -0.2) is 0 Å². The highest BCUT2D eigenvalue weighted by molar-refractivity contribution is 5.99. The third-order valence-corrected chi connectivity index (χ3v) is 2.80. The standard InChI is InChI=1S/C14H8O2/c1-2-5-9(6-3-1)12-14(16-12)10-7-4-8-11-13(10)15-11/h1-8H. The van der Waals surface area contributed by atoms with Gasteiger partial charge >= 0.3 is 0 Å². The zero-order valence-electron chi connectivity index (χ0n) is 8.44. The molecule has 0 atom stereocenters. The molecule has 76 valence electrons. The number of benzene rings is 2. The predicted octanol–water partition coefficient (Wildman–Crippen LogP) is 3.65. The summed E-state index contributed by atoms with van der Waals surface area (Å²) >= 11 is 0. The molecule has 0 saturated heterocycles. The van der Waals surface area contributed by atoms with Gasteiger partial charge in [0.05, 0.1) is 5.56 Å². The number of rotatable bonds is 2. The maximum absolute atomic E-state index is 5.56. The van der Waals surface area contributed by atoms with E-state index in [1.165, 1.54) is 0 Å². The monoisotopic (exact) mass is 208 g/mol. The van der Waals surface area contributed by atoms with Crippen LogP contribution in [0.5, 0.6) is 11.5 Å². The van der Waals surface area contributed by atoms with Gasteiger partial charge in [-0.1, -0.05) is 36.4 Å². The van der Waals surface area contributed by atoms with Crippen LogP contribution in [0.2, 0.25) is 0 Å². The summed E-state index contributed by atoms with van der Waals surface area (Å²) in [5.74, 6) is 3.83. The van der Waals surface area contributed by atoms with Crippen molar-refractivity contribution in [2.75, 3.05) is 0 Å². The summed E-state index contributed by atoms with van der Waals surface area (Å²) in [4.78, 5) is 0. The zero-order chi connectivity index (χ0) is 10.5. The van der Waals surface area contributed by atoms with Crippen LogP contribution in [0.15, 0.2) is 48.5 Å². The molecule has 4 rings (SSSR count). The van der Waals surface area contributed by atoms with Gasteiger partial charge in [0.25, 0.3) is 0 Å². The molecule has 0 aromatic heterocycles. The number of para-hydroxylation sites is 1. The van der Waals surface area contributed by atoms with Gasteiger partial charge in [-0.05, 0) is 12.1 Å². The Balaban J connectivity index is 1.79. The minimum atomic E-state index is 0.945. The lowest BCUT2D eigenvalue weighted by atomic mass is 10.1. The van der Waals surface area contributed by atoms with Crippen molar-refractivity contribution in [2.45, 2.75) is 0 Å². The van der Waals surface area contributed by atoms with Crippen molar-refractivity contribution in [1.29, 1.82) is 0 Å². The van der Waals surface area contributed by atoms with Crippen LogP contribution in [0.4, 0.5) is 0 Å². The summed E-state index contributed by atoms with van der Waals surface area (Å²) in [5.41, 5.74) is 2.19. The number of hydrogen-bond acceptors (Lipinski definition) is 2. The second-order valence-corrected chi connectivity index (χ2v) is 3.86. The molecule has 0 spiro atoms. The zero-order valence-corrected chi connectivity index (χ0v) is 8.44. The van der Waals surface area contributed by atoms with Crippen molar-refractivity contribution in [3.8, 4) is 11.5 Å².